The number of benzene rings is 2. The van der Waals surface area contributed by atoms with Crippen LogP contribution >= 0.6 is 0 Å². The van der Waals surface area contributed by atoms with Crippen molar-refractivity contribution in [3.8, 4) is 5.75 Å². The molecule has 1 aromatic heterocycles. The third-order valence-electron chi connectivity index (χ3n) is 6.93. The van der Waals surface area contributed by atoms with E-state index in [2.05, 4.69) is 5.32 Å². The highest BCUT2D eigenvalue weighted by atomic mass is 19.1. The Kier molecular flexibility index (Phi) is 5.77. The van der Waals surface area contributed by atoms with Crippen LogP contribution in [-0.4, -0.2) is 53.2 Å². The van der Waals surface area contributed by atoms with Gasteiger partial charge < -0.3 is 24.3 Å². The number of carbonyl (C=O) groups is 2. The lowest BCUT2D eigenvalue weighted by molar-refractivity contribution is -0.133. The van der Waals surface area contributed by atoms with E-state index in [-0.39, 0.29) is 31.0 Å². The molecule has 5 rings (SSSR count). The molecule has 1 saturated heterocycles. The molecule has 0 saturated carbocycles. The number of amides is 2. The van der Waals surface area contributed by atoms with Crippen LogP contribution in [0.15, 0.2) is 48.5 Å². The largest absolute Gasteiger partial charge is 0.497 e. The minimum atomic E-state index is -1.24. The second kappa shape index (κ2) is 8.76. The van der Waals surface area contributed by atoms with Crippen molar-refractivity contribution in [2.24, 2.45) is 0 Å². The SMILES string of the molecule is COc1ccc2cc3n(c2c1)C[C@@](C)(C(=O)NC[C@H]1CCCO1)N(Cc1ccccc1F)C3=O. The standard InChI is InChI=1S/C26H28FN3O4/c1-26(25(32)28-14-20-7-5-11-34-20)16-29-22-13-19(33-2)10-9-17(22)12-23(29)24(31)30(26)15-18-6-3-4-8-21(18)27/h3-4,6,8-10,12-13,20H,5,7,11,14-16H2,1-2H3,(H,28,32)/t20-,26+/m1/s1. The average Bonchev–Trinajstić information content (AvgIpc) is 3.49. The van der Waals surface area contributed by atoms with E-state index >= 15 is 0 Å². The van der Waals surface area contributed by atoms with E-state index in [0.29, 0.717) is 30.2 Å². The third-order valence-corrected chi connectivity index (χ3v) is 6.93. The van der Waals surface area contributed by atoms with Crippen molar-refractivity contribution in [1.82, 2.24) is 14.8 Å². The Labute approximate surface area is 197 Å². The van der Waals surface area contributed by atoms with Crippen LogP contribution in [0.25, 0.3) is 10.9 Å². The summed E-state index contributed by atoms with van der Waals surface area (Å²) in [5, 5.41) is 3.86. The van der Waals surface area contributed by atoms with E-state index < -0.39 is 11.4 Å². The van der Waals surface area contributed by atoms with Gasteiger partial charge in [0.2, 0.25) is 5.91 Å². The quantitative estimate of drug-likeness (QED) is 0.605. The lowest BCUT2D eigenvalue weighted by Crippen LogP contribution is -2.64. The number of methoxy groups -OCH3 is 1. The van der Waals surface area contributed by atoms with Gasteiger partial charge in [0.15, 0.2) is 0 Å². The van der Waals surface area contributed by atoms with E-state index in [4.69, 9.17) is 9.47 Å². The molecule has 3 aromatic rings. The van der Waals surface area contributed by atoms with Gasteiger partial charge in [-0.25, -0.2) is 4.39 Å². The van der Waals surface area contributed by atoms with Crippen molar-refractivity contribution < 1.29 is 23.5 Å². The fourth-order valence-electron chi connectivity index (χ4n) is 4.90. The number of hydrogen-bond donors (Lipinski definition) is 1. The molecule has 2 aliphatic heterocycles. The first-order valence-electron chi connectivity index (χ1n) is 11.5. The lowest BCUT2D eigenvalue weighted by Gasteiger charge is -2.44. The van der Waals surface area contributed by atoms with E-state index in [1.807, 2.05) is 28.8 Å². The molecule has 0 radical (unpaired) electrons. The van der Waals surface area contributed by atoms with Gasteiger partial charge in [-0.05, 0) is 44.0 Å². The van der Waals surface area contributed by atoms with Gasteiger partial charge in [-0.3, -0.25) is 9.59 Å². The molecule has 7 nitrogen and oxygen atoms in total. The van der Waals surface area contributed by atoms with Crippen molar-refractivity contribution >= 4 is 22.7 Å². The van der Waals surface area contributed by atoms with Crippen molar-refractivity contribution in [1.29, 1.82) is 0 Å². The predicted molar refractivity (Wildman–Crippen MR) is 125 cm³/mol. The number of aromatic nitrogens is 1. The van der Waals surface area contributed by atoms with Gasteiger partial charge in [0.1, 0.15) is 22.8 Å². The Hall–Kier alpha value is -3.39. The number of ether oxygens (including phenoxy) is 2. The van der Waals surface area contributed by atoms with Gasteiger partial charge in [-0.15, -0.1) is 0 Å². The zero-order valence-corrected chi connectivity index (χ0v) is 19.3. The highest BCUT2D eigenvalue weighted by Gasteiger charge is 2.48. The van der Waals surface area contributed by atoms with Crippen LogP contribution in [0.1, 0.15) is 35.8 Å². The van der Waals surface area contributed by atoms with Crippen LogP contribution in [0.2, 0.25) is 0 Å². The maximum atomic E-state index is 14.5. The fraction of sp³-hybridized carbons (Fsp3) is 0.385. The fourth-order valence-corrected chi connectivity index (χ4v) is 4.90. The molecular weight excluding hydrogens is 437 g/mol. The van der Waals surface area contributed by atoms with E-state index in [1.165, 1.54) is 11.0 Å². The molecule has 2 aromatic carbocycles. The molecule has 1 fully saturated rings. The molecule has 0 bridgehead atoms. The summed E-state index contributed by atoms with van der Waals surface area (Å²) < 4.78 is 27.4. The molecule has 0 spiro atoms. The van der Waals surface area contributed by atoms with Crippen LogP contribution in [0.3, 0.4) is 0 Å². The Morgan fingerprint density at radius 2 is 2.09 bits per heavy atom. The van der Waals surface area contributed by atoms with Crippen molar-refractivity contribution in [3.05, 3.63) is 65.6 Å². The number of fused-ring (bicyclic) bond motifs is 3. The number of rotatable bonds is 6. The van der Waals surface area contributed by atoms with Gasteiger partial charge in [-0.1, -0.05) is 18.2 Å². The molecule has 3 heterocycles. The van der Waals surface area contributed by atoms with Gasteiger partial charge in [-0.2, -0.15) is 0 Å². The maximum absolute atomic E-state index is 14.5. The molecule has 1 N–H and O–H groups in total. The molecular formula is C26H28FN3O4. The molecule has 8 heteroatoms. The zero-order chi connectivity index (χ0) is 23.9. The Morgan fingerprint density at radius 3 is 2.82 bits per heavy atom. The summed E-state index contributed by atoms with van der Waals surface area (Å²) in [5.41, 5.74) is 0.399. The van der Waals surface area contributed by atoms with E-state index in [0.717, 1.165) is 23.7 Å². The number of nitrogens with one attached hydrogen (secondary N) is 1. The molecule has 0 aliphatic carbocycles. The number of halogens is 1. The second-order valence-corrected chi connectivity index (χ2v) is 9.14. The smallest absolute Gasteiger partial charge is 0.271 e. The number of hydrogen-bond acceptors (Lipinski definition) is 4. The van der Waals surface area contributed by atoms with Gasteiger partial charge in [0.25, 0.3) is 5.91 Å². The first kappa shape index (κ1) is 22.4. The summed E-state index contributed by atoms with van der Waals surface area (Å²) in [6, 6.07) is 13.7. The second-order valence-electron chi connectivity index (χ2n) is 9.14. The normalized spacial score (nSPS) is 22.1. The summed E-state index contributed by atoms with van der Waals surface area (Å²) in [5.74, 6) is -0.352. The average molecular weight is 466 g/mol. The zero-order valence-electron chi connectivity index (χ0n) is 19.3. The van der Waals surface area contributed by atoms with Crippen LogP contribution in [0.4, 0.5) is 4.39 Å². The van der Waals surface area contributed by atoms with E-state index in [9.17, 15) is 14.0 Å². The Morgan fingerprint density at radius 1 is 1.26 bits per heavy atom. The predicted octanol–water partition coefficient (Wildman–Crippen LogP) is 3.50. The van der Waals surface area contributed by atoms with Crippen molar-refractivity contribution in [3.63, 3.8) is 0 Å². The van der Waals surface area contributed by atoms with Gasteiger partial charge >= 0.3 is 0 Å². The minimum Gasteiger partial charge on any atom is -0.497 e. The van der Waals surface area contributed by atoms with Crippen LogP contribution < -0.4 is 10.1 Å². The van der Waals surface area contributed by atoms with Gasteiger partial charge in [0, 0.05) is 30.2 Å². The summed E-state index contributed by atoms with van der Waals surface area (Å²) >= 11 is 0. The minimum absolute atomic E-state index is 0.0137. The van der Waals surface area contributed by atoms with E-state index in [1.54, 1.807) is 32.2 Å². The summed E-state index contributed by atoms with van der Waals surface area (Å²) in [6.07, 6.45) is 1.83. The molecule has 0 unspecified atom stereocenters. The summed E-state index contributed by atoms with van der Waals surface area (Å²) in [7, 11) is 1.59. The van der Waals surface area contributed by atoms with Crippen molar-refractivity contribution in [2.45, 2.75) is 44.5 Å². The Balaban J connectivity index is 1.55. The Bertz CT molecular complexity index is 1250. The number of carbonyl (C=O) groups excluding carboxylic acids is 2. The van der Waals surface area contributed by atoms with Crippen molar-refractivity contribution in [2.75, 3.05) is 20.3 Å². The monoisotopic (exact) mass is 465 g/mol. The summed E-state index contributed by atoms with van der Waals surface area (Å²) in [6.45, 7) is 3.03. The van der Waals surface area contributed by atoms with Crippen LogP contribution in [0.5, 0.6) is 5.75 Å². The van der Waals surface area contributed by atoms with Crippen LogP contribution in [0, 0.1) is 5.82 Å². The molecule has 2 atom stereocenters. The first-order valence-corrected chi connectivity index (χ1v) is 11.5. The van der Waals surface area contributed by atoms with Crippen LogP contribution in [-0.2, 0) is 22.6 Å². The molecule has 2 amide bonds. The topological polar surface area (TPSA) is 72.8 Å². The third kappa shape index (κ3) is 3.81. The first-order chi connectivity index (χ1) is 16.4. The summed E-state index contributed by atoms with van der Waals surface area (Å²) in [4.78, 5) is 28.9. The highest BCUT2D eigenvalue weighted by Crippen LogP contribution is 2.35. The molecule has 178 valence electrons. The highest BCUT2D eigenvalue weighted by molar-refractivity contribution is 6.03. The molecule has 2 aliphatic rings. The molecule has 34 heavy (non-hydrogen) atoms. The van der Waals surface area contributed by atoms with Gasteiger partial charge in [0.05, 0.1) is 31.8 Å². The number of nitrogens with zero attached hydrogens (tertiary/aromatic N) is 2. The lowest BCUT2D eigenvalue weighted by atomic mass is 9.93. The maximum Gasteiger partial charge on any atom is 0.271 e.